The first-order chi connectivity index (χ1) is 7.83. The van der Waals surface area contributed by atoms with Gasteiger partial charge in [-0.1, -0.05) is 18.2 Å². The fraction of sp³-hybridized carbons (Fsp3) is 0.429. The summed E-state index contributed by atoms with van der Waals surface area (Å²) in [7, 11) is 1.70. The van der Waals surface area contributed by atoms with Crippen molar-refractivity contribution in [3.8, 4) is 5.75 Å². The molecule has 1 heterocycles. The molecule has 86 valence electrons. The lowest BCUT2D eigenvalue weighted by atomic mass is 9.93. The second kappa shape index (κ2) is 5.17. The highest BCUT2D eigenvalue weighted by Crippen LogP contribution is 2.27. The van der Waals surface area contributed by atoms with Crippen LogP contribution in [-0.4, -0.2) is 13.2 Å². The largest absolute Gasteiger partial charge is 0.497 e. The zero-order chi connectivity index (χ0) is 11.4. The highest BCUT2D eigenvalue weighted by molar-refractivity contribution is 5.29. The van der Waals surface area contributed by atoms with E-state index in [1.54, 1.807) is 7.11 Å². The zero-order valence-corrected chi connectivity index (χ0v) is 9.78. The predicted molar refractivity (Wildman–Crippen MR) is 66.7 cm³/mol. The fourth-order valence-electron chi connectivity index (χ4n) is 2.25. The van der Waals surface area contributed by atoms with Crippen molar-refractivity contribution in [3.05, 3.63) is 42.5 Å². The first-order valence-corrected chi connectivity index (χ1v) is 5.86. The van der Waals surface area contributed by atoms with Crippen LogP contribution in [0.5, 0.6) is 5.75 Å². The number of hydrogen-bond acceptors (Lipinski definition) is 2. The maximum atomic E-state index is 5.16. The second-order valence-electron chi connectivity index (χ2n) is 4.27. The Labute approximate surface area is 97.3 Å². The van der Waals surface area contributed by atoms with Gasteiger partial charge >= 0.3 is 0 Å². The molecule has 1 aliphatic heterocycles. The average Bonchev–Trinajstić information content (AvgIpc) is 2.39. The topological polar surface area (TPSA) is 21.3 Å². The molecule has 1 N–H and O–H groups in total. The molecule has 0 radical (unpaired) electrons. The smallest absolute Gasteiger partial charge is 0.118 e. The molecule has 1 fully saturated rings. The van der Waals surface area contributed by atoms with Gasteiger partial charge < -0.3 is 10.1 Å². The molecule has 0 amide bonds. The van der Waals surface area contributed by atoms with Gasteiger partial charge in [0, 0.05) is 12.1 Å². The van der Waals surface area contributed by atoms with Crippen molar-refractivity contribution in [2.45, 2.75) is 31.3 Å². The minimum absolute atomic E-state index is 0.459. The molecule has 0 aromatic heterocycles. The number of piperidine rings is 1. The molecule has 16 heavy (non-hydrogen) atoms. The number of nitrogens with one attached hydrogen (secondary N) is 1. The second-order valence-corrected chi connectivity index (χ2v) is 4.27. The first kappa shape index (κ1) is 11.2. The average molecular weight is 217 g/mol. The molecule has 2 nitrogen and oxygen atoms in total. The number of methoxy groups -OCH3 is 1. The SMILES string of the molecule is C=CC1CCCC(c2ccc(OC)cc2)N1. The summed E-state index contributed by atoms with van der Waals surface area (Å²) in [5, 5.41) is 3.60. The molecule has 0 spiro atoms. The number of benzene rings is 1. The summed E-state index contributed by atoms with van der Waals surface area (Å²) in [6, 6.07) is 9.25. The Hall–Kier alpha value is -1.28. The van der Waals surface area contributed by atoms with Crippen LogP contribution in [0.3, 0.4) is 0 Å². The third-order valence-corrected chi connectivity index (χ3v) is 3.23. The van der Waals surface area contributed by atoms with Crippen LogP contribution in [0, 0.1) is 0 Å². The molecule has 2 heteroatoms. The molecule has 1 aromatic rings. The predicted octanol–water partition coefficient (Wildman–Crippen LogP) is 3.06. The van der Waals surface area contributed by atoms with Crippen molar-refractivity contribution in [1.29, 1.82) is 0 Å². The van der Waals surface area contributed by atoms with E-state index in [9.17, 15) is 0 Å². The van der Waals surface area contributed by atoms with Gasteiger partial charge in [-0.15, -0.1) is 6.58 Å². The Kier molecular flexibility index (Phi) is 3.62. The Morgan fingerprint density at radius 1 is 1.31 bits per heavy atom. The van der Waals surface area contributed by atoms with Crippen LogP contribution >= 0.6 is 0 Å². The van der Waals surface area contributed by atoms with E-state index in [0.29, 0.717) is 12.1 Å². The number of rotatable bonds is 3. The molecule has 2 atom stereocenters. The molecule has 1 aromatic carbocycles. The Morgan fingerprint density at radius 2 is 2.06 bits per heavy atom. The molecule has 1 aliphatic rings. The van der Waals surface area contributed by atoms with Gasteiger partial charge in [0.2, 0.25) is 0 Å². The van der Waals surface area contributed by atoms with Crippen molar-refractivity contribution < 1.29 is 4.74 Å². The van der Waals surface area contributed by atoms with Crippen molar-refractivity contribution in [2.75, 3.05) is 7.11 Å². The van der Waals surface area contributed by atoms with Gasteiger partial charge in [0.25, 0.3) is 0 Å². The van der Waals surface area contributed by atoms with Gasteiger partial charge in [0.15, 0.2) is 0 Å². The van der Waals surface area contributed by atoms with E-state index >= 15 is 0 Å². The van der Waals surface area contributed by atoms with Crippen LogP contribution in [-0.2, 0) is 0 Å². The van der Waals surface area contributed by atoms with E-state index in [2.05, 4.69) is 24.0 Å². The summed E-state index contributed by atoms with van der Waals surface area (Å²) < 4.78 is 5.16. The molecular formula is C14H19NO. The van der Waals surface area contributed by atoms with Crippen molar-refractivity contribution >= 4 is 0 Å². The van der Waals surface area contributed by atoms with Gasteiger partial charge in [-0.05, 0) is 37.0 Å². The number of hydrogen-bond donors (Lipinski definition) is 1. The standard InChI is InChI=1S/C14H19NO/c1-3-12-5-4-6-14(15-12)11-7-9-13(16-2)10-8-11/h3,7-10,12,14-15H,1,4-6H2,2H3. The van der Waals surface area contributed by atoms with E-state index in [1.165, 1.54) is 24.8 Å². The van der Waals surface area contributed by atoms with Gasteiger partial charge in [-0.3, -0.25) is 0 Å². The first-order valence-electron chi connectivity index (χ1n) is 5.86. The molecule has 2 unspecified atom stereocenters. The van der Waals surface area contributed by atoms with Crippen LogP contribution < -0.4 is 10.1 Å². The Balaban J connectivity index is 2.07. The molecule has 0 aliphatic carbocycles. The Bertz CT molecular complexity index is 344. The van der Waals surface area contributed by atoms with Crippen molar-refractivity contribution in [1.82, 2.24) is 5.32 Å². The van der Waals surface area contributed by atoms with Crippen LogP contribution in [0.2, 0.25) is 0 Å². The lowest BCUT2D eigenvalue weighted by Gasteiger charge is -2.29. The van der Waals surface area contributed by atoms with E-state index in [0.717, 1.165) is 5.75 Å². The highest BCUT2D eigenvalue weighted by Gasteiger charge is 2.19. The van der Waals surface area contributed by atoms with Gasteiger partial charge in [-0.2, -0.15) is 0 Å². The van der Waals surface area contributed by atoms with E-state index in [-0.39, 0.29) is 0 Å². The van der Waals surface area contributed by atoms with Crippen LogP contribution in [0.4, 0.5) is 0 Å². The highest BCUT2D eigenvalue weighted by atomic mass is 16.5. The normalized spacial score (nSPS) is 25.1. The summed E-state index contributed by atoms with van der Waals surface area (Å²) in [6.45, 7) is 3.86. The van der Waals surface area contributed by atoms with Crippen molar-refractivity contribution in [3.63, 3.8) is 0 Å². The molecule has 0 bridgehead atoms. The third-order valence-electron chi connectivity index (χ3n) is 3.23. The monoisotopic (exact) mass is 217 g/mol. The number of ether oxygens (including phenoxy) is 1. The third kappa shape index (κ3) is 2.45. The van der Waals surface area contributed by atoms with E-state index in [4.69, 9.17) is 4.74 Å². The maximum Gasteiger partial charge on any atom is 0.118 e. The summed E-state index contributed by atoms with van der Waals surface area (Å²) in [6.07, 6.45) is 5.68. The lowest BCUT2D eigenvalue weighted by molar-refractivity contribution is 0.363. The minimum Gasteiger partial charge on any atom is -0.497 e. The van der Waals surface area contributed by atoms with E-state index < -0.39 is 0 Å². The summed E-state index contributed by atoms with van der Waals surface area (Å²) in [4.78, 5) is 0. The minimum atomic E-state index is 0.459. The Morgan fingerprint density at radius 3 is 2.69 bits per heavy atom. The van der Waals surface area contributed by atoms with Crippen LogP contribution in [0.1, 0.15) is 30.9 Å². The quantitative estimate of drug-likeness (QED) is 0.786. The summed E-state index contributed by atoms with van der Waals surface area (Å²) >= 11 is 0. The molecular weight excluding hydrogens is 198 g/mol. The van der Waals surface area contributed by atoms with Gasteiger partial charge in [0.05, 0.1) is 7.11 Å². The van der Waals surface area contributed by atoms with Crippen molar-refractivity contribution in [2.24, 2.45) is 0 Å². The molecule has 1 saturated heterocycles. The van der Waals surface area contributed by atoms with E-state index in [1.807, 2.05) is 18.2 Å². The molecule has 2 rings (SSSR count). The van der Waals surface area contributed by atoms with Gasteiger partial charge in [0.1, 0.15) is 5.75 Å². The summed E-state index contributed by atoms with van der Waals surface area (Å²) in [5.74, 6) is 0.917. The zero-order valence-electron chi connectivity index (χ0n) is 9.78. The maximum absolute atomic E-state index is 5.16. The summed E-state index contributed by atoms with van der Waals surface area (Å²) in [5.41, 5.74) is 1.34. The fourth-order valence-corrected chi connectivity index (χ4v) is 2.25. The lowest BCUT2D eigenvalue weighted by Crippen LogP contribution is -2.35. The van der Waals surface area contributed by atoms with Gasteiger partial charge in [-0.25, -0.2) is 0 Å². The van der Waals surface area contributed by atoms with Crippen LogP contribution in [0.25, 0.3) is 0 Å². The van der Waals surface area contributed by atoms with Crippen LogP contribution in [0.15, 0.2) is 36.9 Å². The molecule has 0 saturated carbocycles.